The molecule has 1 unspecified atom stereocenters. The summed E-state index contributed by atoms with van der Waals surface area (Å²) < 4.78 is 74.0. The van der Waals surface area contributed by atoms with Crippen LogP contribution in [0.5, 0.6) is 5.75 Å². The van der Waals surface area contributed by atoms with Crippen molar-refractivity contribution in [3.05, 3.63) is 57.3 Å². The molecular weight excluding hydrogens is 584 g/mol. The third kappa shape index (κ3) is 5.72. The van der Waals surface area contributed by atoms with Crippen LogP contribution in [0, 0.1) is 6.92 Å². The predicted molar refractivity (Wildman–Crippen MR) is 131 cm³/mol. The van der Waals surface area contributed by atoms with E-state index in [-0.39, 0.29) is 37.8 Å². The number of imidazole rings is 1. The first-order chi connectivity index (χ1) is 17.3. The van der Waals surface area contributed by atoms with Crippen molar-refractivity contribution in [1.29, 1.82) is 0 Å². The summed E-state index contributed by atoms with van der Waals surface area (Å²) in [6.07, 6.45) is -0.326. The van der Waals surface area contributed by atoms with Crippen molar-refractivity contribution in [3.63, 3.8) is 0 Å². The zero-order chi connectivity index (χ0) is 27.1. The van der Waals surface area contributed by atoms with Crippen LogP contribution in [0.4, 0.5) is 18.9 Å². The van der Waals surface area contributed by atoms with E-state index in [0.717, 1.165) is 0 Å². The van der Waals surface area contributed by atoms with Gasteiger partial charge in [-0.15, -0.1) is 0 Å². The molecule has 0 bridgehead atoms. The first-order valence-corrected chi connectivity index (χ1v) is 12.7. The number of aromatic nitrogens is 5. The molecule has 0 saturated heterocycles. The normalized spacial score (nSPS) is 13.2. The Kier molecular flexibility index (Phi) is 7.50. The highest BCUT2D eigenvalue weighted by Gasteiger charge is 2.49. The smallest absolute Gasteiger partial charge is 0.495 e. The van der Waals surface area contributed by atoms with Crippen molar-refractivity contribution in [2.75, 3.05) is 19.0 Å². The van der Waals surface area contributed by atoms with Gasteiger partial charge < -0.3 is 15.0 Å². The molecule has 0 aliphatic carbocycles. The number of fused-ring (bicyclic) bond motifs is 1. The van der Waals surface area contributed by atoms with Crippen LogP contribution >= 0.6 is 34.8 Å². The molecule has 0 radical (unpaired) electrons. The molecule has 2 aromatic carbocycles. The molecular formula is C20H16Cl3F3N6O4S. The van der Waals surface area contributed by atoms with E-state index in [9.17, 15) is 21.6 Å². The van der Waals surface area contributed by atoms with Gasteiger partial charge in [0.25, 0.3) is 0 Å². The summed E-state index contributed by atoms with van der Waals surface area (Å²) in [5.41, 5.74) is -4.53. The summed E-state index contributed by atoms with van der Waals surface area (Å²) in [7, 11) is -4.63. The number of nitrogens with one attached hydrogen (secondary N) is 2. The number of nitrogens with zero attached hydrogens (tertiary/aromatic N) is 4. The van der Waals surface area contributed by atoms with E-state index in [4.69, 9.17) is 39.5 Å². The topological polar surface area (TPSA) is 124 Å². The molecule has 37 heavy (non-hydrogen) atoms. The van der Waals surface area contributed by atoms with Crippen LogP contribution in [0.15, 0.2) is 30.6 Å². The van der Waals surface area contributed by atoms with Crippen LogP contribution in [0.3, 0.4) is 0 Å². The van der Waals surface area contributed by atoms with Crippen molar-refractivity contribution in [2.45, 2.75) is 18.5 Å². The fourth-order valence-corrected chi connectivity index (χ4v) is 4.67. The second kappa shape index (κ2) is 10.2. The van der Waals surface area contributed by atoms with Gasteiger partial charge in [0.2, 0.25) is 0 Å². The minimum atomic E-state index is -6.00. The monoisotopic (exact) mass is 598 g/mol. The van der Waals surface area contributed by atoms with E-state index < -0.39 is 28.3 Å². The fourth-order valence-electron chi connectivity index (χ4n) is 3.25. The van der Waals surface area contributed by atoms with Gasteiger partial charge in [0.1, 0.15) is 23.7 Å². The van der Waals surface area contributed by atoms with E-state index in [0.29, 0.717) is 17.0 Å². The zero-order valence-electron chi connectivity index (χ0n) is 18.8. The van der Waals surface area contributed by atoms with Crippen LogP contribution in [0.25, 0.3) is 16.7 Å². The Hall–Kier alpha value is -2.78. The molecule has 198 valence electrons. The molecule has 0 fully saturated rings. The van der Waals surface area contributed by atoms with E-state index in [1.54, 1.807) is 6.92 Å². The summed E-state index contributed by atoms with van der Waals surface area (Å²) in [5, 5.41) is 7.25. The Bertz CT molecular complexity index is 1550. The molecule has 1 atom stereocenters. The molecule has 17 heteroatoms. The lowest BCUT2D eigenvalue weighted by Gasteiger charge is -2.19. The molecule has 4 rings (SSSR count). The van der Waals surface area contributed by atoms with Gasteiger partial charge in [-0.05, 0) is 25.1 Å². The third-order valence-corrected chi connectivity index (χ3v) is 6.91. The van der Waals surface area contributed by atoms with Gasteiger partial charge >= 0.3 is 15.6 Å². The largest absolute Gasteiger partial charge is 0.523 e. The van der Waals surface area contributed by atoms with Gasteiger partial charge in [-0.25, -0.2) is 18.8 Å². The molecule has 10 nitrogen and oxygen atoms in total. The number of anilines is 1. The predicted octanol–water partition coefficient (Wildman–Crippen LogP) is 5.44. The Labute approximate surface area is 222 Å². The number of rotatable bonds is 8. The van der Waals surface area contributed by atoms with Crippen molar-refractivity contribution >= 4 is 61.6 Å². The van der Waals surface area contributed by atoms with Crippen molar-refractivity contribution in [2.24, 2.45) is 0 Å². The molecule has 4 aromatic rings. The number of hydrogen-bond donors (Lipinski definition) is 2. The number of hydrogen-bond acceptors (Lipinski definition) is 8. The van der Waals surface area contributed by atoms with Gasteiger partial charge in [-0.1, -0.05) is 34.8 Å². The number of halogens is 6. The summed E-state index contributed by atoms with van der Waals surface area (Å²) in [6.45, 7) is 1.16. The first-order valence-electron chi connectivity index (χ1n) is 10.1. The maximum atomic E-state index is 13.1. The Morgan fingerprint density at radius 1 is 1.14 bits per heavy atom. The van der Waals surface area contributed by atoms with Crippen LogP contribution in [-0.4, -0.2) is 52.3 Å². The standard InChI is InChI=1S/C20H16Cl3F3N6O4S/c1-9-28-8-32(31-9)10-3-12(22)18(13(23)4-10)27-7-17(36-37(33,34)20(24,25)26)19-29-14-5-11(21)16(35-2)6-15(14)30-19/h3-6,8,17,27H,7H2,1-2H3,(H,29,30). The summed E-state index contributed by atoms with van der Waals surface area (Å²) in [6, 6.07) is 5.83. The average molecular weight is 600 g/mol. The zero-order valence-corrected chi connectivity index (χ0v) is 21.9. The molecule has 0 aliphatic heterocycles. The average Bonchev–Trinajstić information content (AvgIpc) is 3.41. The van der Waals surface area contributed by atoms with Crippen LogP contribution < -0.4 is 10.1 Å². The highest BCUT2D eigenvalue weighted by molar-refractivity contribution is 7.87. The van der Waals surface area contributed by atoms with Gasteiger partial charge in [0, 0.05) is 12.6 Å². The number of benzene rings is 2. The number of H-pyrrole nitrogens is 1. The van der Waals surface area contributed by atoms with Gasteiger partial charge in [0.05, 0.1) is 44.6 Å². The van der Waals surface area contributed by atoms with E-state index >= 15 is 0 Å². The van der Waals surface area contributed by atoms with Crippen LogP contribution in [0.1, 0.15) is 17.8 Å². The van der Waals surface area contributed by atoms with Crippen molar-refractivity contribution in [3.8, 4) is 11.4 Å². The summed E-state index contributed by atoms with van der Waals surface area (Å²) in [4.78, 5) is 10.9. The molecule has 2 N–H and O–H groups in total. The quantitative estimate of drug-likeness (QED) is 0.203. The number of methoxy groups -OCH3 is 1. The van der Waals surface area contributed by atoms with E-state index in [1.807, 2.05) is 0 Å². The minimum absolute atomic E-state index is 0.0780. The van der Waals surface area contributed by atoms with Gasteiger partial charge in [-0.2, -0.15) is 26.7 Å². The van der Waals surface area contributed by atoms with Crippen molar-refractivity contribution < 1.29 is 30.5 Å². The Balaban J connectivity index is 1.68. The van der Waals surface area contributed by atoms with Crippen LogP contribution in [-0.2, 0) is 14.3 Å². The molecule has 2 aromatic heterocycles. The lowest BCUT2D eigenvalue weighted by molar-refractivity contribution is -0.0573. The Morgan fingerprint density at radius 2 is 1.81 bits per heavy atom. The second-order valence-electron chi connectivity index (χ2n) is 7.51. The van der Waals surface area contributed by atoms with Crippen molar-refractivity contribution in [1.82, 2.24) is 24.7 Å². The molecule has 0 spiro atoms. The van der Waals surface area contributed by atoms with E-state index in [1.165, 1.54) is 42.4 Å². The minimum Gasteiger partial charge on any atom is -0.495 e. The Morgan fingerprint density at radius 3 is 2.38 bits per heavy atom. The van der Waals surface area contributed by atoms with Gasteiger partial charge in [0.15, 0.2) is 6.10 Å². The number of ether oxygens (including phenoxy) is 1. The summed E-state index contributed by atoms with van der Waals surface area (Å²) >= 11 is 18.8. The molecule has 0 saturated carbocycles. The van der Waals surface area contributed by atoms with Crippen LogP contribution in [0.2, 0.25) is 15.1 Å². The molecule has 0 amide bonds. The summed E-state index contributed by atoms with van der Waals surface area (Å²) in [5.74, 6) is 0.526. The highest BCUT2D eigenvalue weighted by atomic mass is 35.5. The van der Waals surface area contributed by atoms with Gasteiger partial charge in [-0.3, -0.25) is 0 Å². The number of aromatic amines is 1. The second-order valence-corrected chi connectivity index (χ2v) is 10.3. The fraction of sp³-hybridized carbons (Fsp3) is 0.250. The lowest BCUT2D eigenvalue weighted by atomic mass is 10.2. The molecule has 2 heterocycles. The molecule has 0 aliphatic rings. The highest BCUT2D eigenvalue weighted by Crippen LogP contribution is 2.36. The van der Waals surface area contributed by atoms with E-state index in [2.05, 4.69) is 29.6 Å². The SMILES string of the molecule is COc1cc2nc(C(CNc3c(Cl)cc(-n4cnc(C)n4)cc3Cl)OS(=O)(=O)C(F)(F)F)[nH]c2cc1Cl. The maximum Gasteiger partial charge on any atom is 0.523 e. The lowest BCUT2D eigenvalue weighted by Crippen LogP contribution is -2.30. The maximum absolute atomic E-state index is 13.1. The number of aryl methyl sites for hydroxylation is 1. The third-order valence-electron chi connectivity index (χ3n) is 4.97. The first kappa shape index (κ1) is 27.3. The number of alkyl halides is 3.